The van der Waals surface area contributed by atoms with Gasteiger partial charge in [0, 0.05) is 6.07 Å². The lowest BCUT2D eigenvalue weighted by Crippen LogP contribution is -2.13. The standard InChI is InChI=1S/C10H15NO3S/c1-3-8(2)14-9-5-4-6-10(7-9)15(11,12)13/h4-8H,3H2,1-2H3,(H2,11,12,13). The van der Waals surface area contributed by atoms with Crippen molar-refractivity contribution in [2.45, 2.75) is 31.3 Å². The van der Waals surface area contributed by atoms with Gasteiger partial charge in [-0.05, 0) is 25.5 Å². The summed E-state index contributed by atoms with van der Waals surface area (Å²) < 4.78 is 27.6. The molecule has 0 aliphatic heterocycles. The Morgan fingerprint density at radius 1 is 1.47 bits per heavy atom. The number of ether oxygens (including phenoxy) is 1. The molecule has 0 amide bonds. The van der Waals surface area contributed by atoms with Gasteiger partial charge >= 0.3 is 0 Å². The molecule has 0 aromatic heterocycles. The Hall–Kier alpha value is -1.07. The summed E-state index contributed by atoms with van der Waals surface area (Å²) >= 11 is 0. The summed E-state index contributed by atoms with van der Waals surface area (Å²) in [6, 6.07) is 6.19. The zero-order chi connectivity index (χ0) is 11.5. The fraction of sp³-hybridized carbons (Fsp3) is 0.400. The van der Waals surface area contributed by atoms with Crippen LogP contribution in [-0.2, 0) is 10.0 Å². The van der Waals surface area contributed by atoms with Crippen LogP contribution in [0.1, 0.15) is 20.3 Å². The molecule has 1 aromatic carbocycles. The van der Waals surface area contributed by atoms with E-state index in [2.05, 4.69) is 0 Å². The maximum Gasteiger partial charge on any atom is 0.238 e. The molecule has 0 bridgehead atoms. The van der Waals surface area contributed by atoms with Gasteiger partial charge in [0.1, 0.15) is 5.75 Å². The largest absolute Gasteiger partial charge is 0.491 e. The molecule has 1 unspecified atom stereocenters. The van der Waals surface area contributed by atoms with Crippen LogP contribution < -0.4 is 9.88 Å². The van der Waals surface area contributed by atoms with E-state index in [-0.39, 0.29) is 11.0 Å². The van der Waals surface area contributed by atoms with Gasteiger partial charge in [-0.25, -0.2) is 13.6 Å². The summed E-state index contributed by atoms with van der Waals surface area (Å²) in [5.41, 5.74) is 0. The van der Waals surface area contributed by atoms with Crippen LogP contribution in [-0.4, -0.2) is 14.5 Å². The molecule has 0 spiro atoms. The molecule has 0 saturated carbocycles. The second kappa shape index (κ2) is 4.63. The molecule has 0 fully saturated rings. The van der Waals surface area contributed by atoms with E-state index >= 15 is 0 Å². The van der Waals surface area contributed by atoms with E-state index in [4.69, 9.17) is 9.88 Å². The topological polar surface area (TPSA) is 69.4 Å². The van der Waals surface area contributed by atoms with Crippen molar-refractivity contribution in [1.82, 2.24) is 0 Å². The molecule has 5 heteroatoms. The van der Waals surface area contributed by atoms with Crippen molar-refractivity contribution >= 4 is 10.0 Å². The summed E-state index contributed by atoms with van der Waals surface area (Å²) in [5, 5.41) is 5.01. The predicted octanol–water partition coefficient (Wildman–Crippen LogP) is 1.51. The first-order valence-corrected chi connectivity index (χ1v) is 6.27. The quantitative estimate of drug-likeness (QED) is 0.850. The van der Waals surface area contributed by atoms with Crippen LogP contribution in [0.4, 0.5) is 0 Å². The van der Waals surface area contributed by atoms with Gasteiger partial charge in [-0.2, -0.15) is 0 Å². The van der Waals surface area contributed by atoms with Gasteiger partial charge in [-0.3, -0.25) is 0 Å². The van der Waals surface area contributed by atoms with Crippen LogP contribution in [0.25, 0.3) is 0 Å². The van der Waals surface area contributed by atoms with Crippen molar-refractivity contribution in [3.8, 4) is 5.75 Å². The van der Waals surface area contributed by atoms with Gasteiger partial charge < -0.3 is 4.74 Å². The van der Waals surface area contributed by atoms with E-state index in [1.54, 1.807) is 12.1 Å². The molecule has 0 heterocycles. The molecule has 1 aromatic rings. The zero-order valence-corrected chi connectivity index (χ0v) is 9.62. The molecule has 0 aliphatic rings. The molecular formula is C10H15NO3S. The highest BCUT2D eigenvalue weighted by Crippen LogP contribution is 2.18. The van der Waals surface area contributed by atoms with Crippen LogP contribution in [0.3, 0.4) is 0 Å². The lowest BCUT2D eigenvalue weighted by Gasteiger charge is -2.12. The second-order valence-electron chi connectivity index (χ2n) is 3.36. The fourth-order valence-electron chi connectivity index (χ4n) is 1.04. The van der Waals surface area contributed by atoms with Gasteiger partial charge in [0.15, 0.2) is 0 Å². The highest BCUT2D eigenvalue weighted by molar-refractivity contribution is 7.89. The Kier molecular flexibility index (Phi) is 3.71. The number of rotatable bonds is 4. The highest BCUT2D eigenvalue weighted by Gasteiger charge is 2.09. The lowest BCUT2D eigenvalue weighted by molar-refractivity contribution is 0.217. The predicted molar refractivity (Wildman–Crippen MR) is 58.2 cm³/mol. The SMILES string of the molecule is CCC(C)Oc1cccc(S(N)(=O)=O)c1. The molecule has 15 heavy (non-hydrogen) atoms. The zero-order valence-electron chi connectivity index (χ0n) is 8.80. The fourth-order valence-corrected chi connectivity index (χ4v) is 1.59. The van der Waals surface area contributed by atoms with Crippen molar-refractivity contribution < 1.29 is 13.2 Å². The molecule has 1 rings (SSSR count). The molecule has 84 valence electrons. The van der Waals surface area contributed by atoms with Gasteiger partial charge in [0.05, 0.1) is 11.0 Å². The minimum Gasteiger partial charge on any atom is -0.491 e. The Balaban J connectivity index is 2.94. The van der Waals surface area contributed by atoms with E-state index in [0.717, 1.165) is 6.42 Å². The van der Waals surface area contributed by atoms with Crippen molar-refractivity contribution in [3.05, 3.63) is 24.3 Å². The van der Waals surface area contributed by atoms with E-state index in [1.807, 2.05) is 13.8 Å². The van der Waals surface area contributed by atoms with Crippen molar-refractivity contribution in [3.63, 3.8) is 0 Å². The van der Waals surface area contributed by atoms with Gasteiger partial charge in [0.2, 0.25) is 10.0 Å². The first kappa shape index (κ1) is 12.0. The monoisotopic (exact) mass is 229 g/mol. The molecule has 0 aliphatic carbocycles. The minimum absolute atomic E-state index is 0.0562. The third kappa shape index (κ3) is 3.53. The van der Waals surface area contributed by atoms with Crippen molar-refractivity contribution in [1.29, 1.82) is 0 Å². The average Bonchev–Trinajstić information content (AvgIpc) is 2.17. The van der Waals surface area contributed by atoms with Gasteiger partial charge in [-0.1, -0.05) is 13.0 Å². The maximum absolute atomic E-state index is 11.1. The average molecular weight is 229 g/mol. The van der Waals surface area contributed by atoms with Gasteiger partial charge in [0.25, 0.3) is 0 Å². The van der Waals surface area contributed by atoms with E-state index < -0.39 is 10.0 Å². The summed E-state index contributed by atoms with van der Waals surface area (Å²) in [4.78, 5) is 0.0725. The maximum atomic E-state index is 11.1. The summed E-state index contributed by atoms with van der Waals surface area (Å²) in [5.74, 6) is 0.524. The van der Waals surface area contributed by atoms with E-state index in [1.165, 1.54) is 12.1 Å². The molecule has 0 radical (unpaired) electrons. The molecular weight excluding hydrogens is 214 g/mol. The summed E-state index contributed by atoms with van der Waals surface area (Å²) in [6.45, 7) is 3.91. The van der Waals surface area contributed by atoms with Crippen LogP contribution >= 0.6 is 0 Å². The number of nitrogens with two attached hydrogens (primary N) is 1. The molecule has 0 saturated heterocycles. The third-order valence-corrected chi connectivity index (χ3v) is 2.96. The Labute approximate surface area is 90.1 Å². The molecule has 2 N–H and O–H groups in total. The smallest absolute Gasteiger partial charge is 0.238 e. The van der Waals surface area contributed by atoms with Crippen LogP contribution in [0.5, 0.6) is 5.75 Å². The first-order chi connectivity index (χ1) is 6.93. The van der Waals surface area contributed by atoms with Crippen LogP contribution in [0, 0.1) is 0 Å². The van der Waals surface area contributed by atoms with Gasteiger partial charge in [-0.15, -0.1) is 0 Å². The number of hydrogen-bond acceptors (Lipinski definition) is 3. The van der Waals surface area contributed by atoms with Crippen LogP contribution in [0.15, 0.2) is 29.2 Å². The van der Waals surface area contributed by atoms with Crippen molar-refractivity contribution in [2.75, 3.05) is 0 Å². The normalized spacial score (nSPS) is 13.5. The molecule has 4 nitrogen and oxygen atoms in total. The third-order valence-electron chi connectivity index (χ3n) is 2.05. The summed E-state index contributed by atoms with van der Waals surface area (Å²) in [7, 11) is -3.65. The van der Waals surface area contributed by atoms with Crippen molar-refractivity contribution in [2.24, 2.45) is 5.14 Å². The summed E-state index contributed by atoms with van der Waals surface area (Å²) in [6.07, 6.45) is 0.917. The first-order valence-electron chi connectivity index (χ1n) is 4.73. The van der Waals surface area contributed by atoms with E-state index in [9.17, 15) is 8.42 Å². The van der Waals surface area contributed by atoms with E-state index in [0.29, 0.717) is 5.75 Å². The number of benzene rings is 1. The number of primary sulfonamides is 1. The second-order valence-corrected chi connectivity index (χ2v) is 4.92. The Morgan fingerprint density at radius 2 is 2.13 bits per heavy atom. The Bertz CT molecular complexity index is 428. The lowest BCUT2D eigenvalue weighted by atomic mass is 10.3. The number of sulfonamides is 1. The Morgan fingerprint density at radius 3 is 2.67 bits per heavy atom. The highest BCUT2D eigenvalue weighted by atomic mass is 32.2. The molecule has 1 atom stereocenters. The number of hydrogen-bond donors (Lipinski definition) is 1. The minimum atomic E-state index is -3.65. The van der Waals surface area contributed by atoms with Crippen LogP contribution in [0.2, 0.25) is 0 Å².